The predicted molar refractivity (Wildman–Crippen MR) is 115 cm³/mol. The standard InChI is InChI=1S/C22H20ClN5O2/c1-3-11-26(2)22(30)19-20(23)24-16-25-21(19)28-14-12-27(13-15-28)18(29)10-9-17-7-5-4-6-8-17/h1,4-8,16H,11-15H2,2H3. The maximum absolute atomic E-state index is 12.8. The first kappa shape index (κ1) is 21.2. The molecular weight excluding hydrogens is 402 g/mol. The van der Waals surface area contributed by atoms with Crippen molar-refractivity contribution in [2.75, 3.05) is 44.7 Å². The van der Waals surface area contributed by atoms with Gasteiger partial charge in [-0.1, -0.05) is 41.6 Å². The first-order valence-electron chi connectivity index (χ1n) is 9.31. The Morgan fingerprint density at radius 2 is 1.87 bits per heavy atom. The average Bonchev–Trinajstić information content (AvgIpc) is 2.78. The van der Waals surface area contributed by atoms with E-state index < -0.39 is 0 Å². The Hall–Kier alpha value is -3.55. The monoisotopic (exact) mass is 421 g/mol. The van der Waals surface area contributed by atoms with Crippen LogP contribution < -0.4 is 4.90 Å². The fourth-order valence-electron chi connectivity index (χ4n) is 3.03. The zero-order valence-electron chi connectivity index (χ0n) is 16.5. The van der Waals surface area contributed by atoms with Crippen LogP contribution in [-0.4, -0.2) is 71.4 Å². The smallest absolute Gasteiger partial charge is 0.298 e. The van der Waals surface area contributed by atoms with Crippen LogP contribution in [-0.2, 0) is 4.79 Å². The van der Waals surface area contributed by atoms with Gasteiger partial charge in [-0.2, -0.15) is 0 Å². The molecule has 0 saturated carbocycles. The topological polar surface area (TPSA) is 69.6 Å². The lowest BCUT2D eigenvalue weighted by Gasteiger charge is -2.35. The number of hydrogen-bond acceptors (Lipinski definition) is 5. The molecule has 7 nitrogen and oxygen atoms in total. The number of rotatable bonds is 3. The summed E-state index contributed by atoms with van der Waals surface area (Å²) in [5.41, 5.74) is 1.000. The zero-order valence-corrected chi connectivity index (χ0v) is 17.3. The number of hydrogen-bond donors (Lipinski definition) is 0. The van der Waals surface area contributed by atoms with Crippen LogP contribution in [0.25, 0.3) is 0 Å². The molecule has 1 aromatic heterocycles. The van der Waals surface area contributed by atoms with E-state index in [-0.39, 0.29) is 29.1 Å². The highest BCUT2D eigenvalue weighted by atomic mass is 35.5. The fourth-order valence-corrected chi connectivity index (χ4v) is 3.24. The molecule has 8 heteroatoms. The number of carbonyl (C=O) groups excluding carboxylic acids is 2. The van der Waals surface area contributed by atoms with Crippen LogP contribution in [0.3, 0.4) is 0 Å². The van der Waals surface area contributed by atoms with Crippen LogP contribution >= 0.6 is 11.6 Å². The molecule has 1 saturated heterocycles. The molecule has 0 radical (unpaired) electrons. The van der Waals surface area contributed by atoms with Gasteiger partial charge in [0.25, 0.3) is 11.8 Å². The lowest BCUT2D eigenvalue weighted by atomic mass is 10.2. The average molecular weight is 422 g/mol. The minimum absolute atomic E-state index is 0.0705. The van der Waals surface area contributed by atoms with Crippen molar-refractivity contribution in [3.8, 4) is 24.2 Å². The van der Waals surface area contributed by atoms with Gasteiger partial charge >= 0.3 is 0 Å². The van der Waals surface area contributed by atoms with E-state index in [0.717, 1.165) is 5.56 Å². The highest BCUT2D eigenvalue weighted by Gasteiger charge is 2.28. The summed E-state index contributed by atoms with van der Waals surface area (Å²) in [4.78, 5) is 38.4. The number of carbonyl (C=O) groups is 2. The van der Waals surface area contributed by atoms with Crippen LogP contribution in [0.2, 0.25) is 5.15 Å². The highest BCUT2D eigenvalue weighted by Crippen LogP contribution is 2.25. The lowest BCUT2D eigenvalue weighted by Crippen LogP contribution is -2.49. The highest BCUT2D eigenvalue weighted by molar-refractivity contribution is 6.33. The quantitative estimate of drug-likeness (QED) is 0.555. The number of anilines is 1. The van der Waals surface area contributed by atoms with Gasteiger partial charge in [0.1, 0.15) is 22.9 Å². The molecule has 1 aliphatic heterocycles. The van der Waals surface area contributed by atoms with Crippen LogP contribution in [0.1, 0.15) is 15.9 Å². The molecule has 0 N–H and O–H groups in total. The Balaban J connectivity index is 1.70. The second-order valence-corrected chi connectivity index (χ2v) is 6.98. The van der Waals surface area contributed by atoms with Gasteiger partial charge in [-0.05, 0) is 12.1 Å². The molecule has 3 rings (SSSR count). The van der Waals surface area contributed by atoms with Crippen LogP contribution in [0, 0.1) is 24.2 Å². The molecule has 2 amide bonds. The van der Waals surface area contributed by atoms with Gasteiger partial charge in [-0.3, -0.25) is 9.59 Å². The minimum atomic E-state index is -0.346. The van der Waals surface area contributed by atoms with Crippen LogP contribution in [0.4, 0.5) is 5.82 Å². The van der Waals surface area contributed by atoms with Gasteiger partial charge in [-0.15, -0.1) is 6.42 Å². The van der Waals surface area contributed by atoms with Crippen molar-refractivity contribution in [2.45, 2.75) is 0 Å². The zero-order chi connectivity index (χ0) is 21.5. The lowest BCUT2D eigenvalue weighted by molar-refractivity contribution is -0.125. The Labute approximate surface area is 180 Å². The SMILES string of the molecule is C#CCN(C)C(=O)c1c(Cl)ncnc1N1CCN(C(=O)C#Cc2ccccc2)CC1. The Morgan fingerprint density at radius 1 is 1.17 bits per heavy atom. The number of amides is 2. The minimum Gasteiger partial charge on any atom is -0.352 e. The van der Waals surface area contributed by atoms with E-state index in [1.165, 1.54) is 11.2 Å². The summed E-state index contributed by atoms with van der Waals surface area (Å²) in [7, 11) is 1.59. The van der Waals surface area contributed by atoms with Crippen molar-refractivity contribution in [1.29, 1.82) is 0 Å². The van der Waals surface area contributed by atoms with E-state index in [9.17, 15) is 9.59 Å². The second kappa shape index (κ2) is 9.78. The van der Waals surface area contributed by atoms with Crippen molar-refractivity contribution in [2.24, 2.45) is 0 Å². The fraction of sp³-hybridized carbons (Fsp3) is 0.273. The molecule has 1 fully saturated rings. The molecule has 2 heterocycles. The summed E-state index contributed by atoms with van der Waals surface area (Å²) >= 11 is 6.21. The van der Waals surface area contributed by atoms with E-state index in [0.29, 0.717) is 32.0 Å². The molecule has 0 spiro atoms. The van der Waals surface area contributed by atoms with Crippen molar-refractivity contribution in [3.63, 3.8) is 0 Å². The number of halogens is 1. The van der Waals surface area contributed by atoms with E-state index in [1.54, 1.807) is 11.9 Å². The largest absolute Gasteiger partial charge is 0.352 e. The van der Waals surface area contributed by atoms with Crippen molar-refractivity contribution >= 4 is 29.2 Å². The van der Waals surface area contributed by atoms with Gasteiger partial charge < -0.3 is 14.7 Å². The van der Waals surface area contributed by atoms with E-state index in [2.05, 4.69) is 27.7 Å². The maximum atomic E-state index is 12.8. The molecule has 0 unspecified atom stereocenters. The Kier molecular flexibility index (Phi) is 6.90. The normalized spacial score (nSPS) is 13.1. The number of aromatic nitrogens is 2. The summed E-state index contributed by atoms with van der Waals surface area (Å²) in [5, 5.41) is 0.0705. The van der Waals surface area contributed by atoms with Crippen LogP contribution in [0.5, 0.6) is 0 Å². The molecule has 0 bridgehead atoms. The van der Waals surface area contributed by atoms with Gasteiger partial charge in [0, 0.05) is 44.7 Å². The van der Waals surface area contributed by atoms with Crippen molar-refractivity contribution < 1.29 is 9.59 Å². The van der Waals surface area contributed by atoms with E-state index in [1.807, 2.05) is 35.2 Å². The van der Waals surface area contributed by atoms with E-state index in [4.69, 9.17) is 18.0 Å². The molecule has 0 atom stereocenters. The molecule has 30 heavy (non-hydrogen) atoms. The summed E-state index contributed by atoms with van der Waals surface area (Å²) in [6, 6.07) is 9.36. The molecule has 2 aromatic rings. The molecular formula is C22H20ClN5O2. The third-order valence-electron chi connectivity index (χ3n) is 4.62. The summed E-state index contributed by atoms with van der Waals surface area (Å²) in [6.45, 7) is 2.04. The number of piperazine rings is 1. The van der Waals surface area contributed by atoms with Crippen molar-refractivity contribution in [1.82, 2.24) is 19.8 Å². The summed E-state index contributed by atoms with van der Waals surface area (Å²) < 4.78 is 0. The first-order chi connectivity index (χ1) is 14.5. The number of nitrogens with zero attached hydrogens (tertiary/aromatic N) is 5. The van der Waals surface area contributed by atoms with Gasteiger partial charge in [0.2, 0.25) is 0 Å². The summed E-state index contributed by atoms with van der Waals surface area (Å²) in [5.74, 6) is 7.85. The van der Waals surface area contributed by atoms with Gasteiger partial charge in [0.15, 0.2) is 0 Å². The Morgan fingerprint density at radius 3 is 2.53 bits per heavy atom. The third kappa shape index (κ3) is 4.89. The predicted octanol–water partition coefficient (Wildman–Crippen LogP) is 1.54. The number of benzene rings is 1. The molecule has 0 aliphatic carbocycles. The number of terminal acetylenes is 1. The van der Waals surface area contributed by atoms with E-state index >= 15 is 0 Å². The molecule has 152 valence electrons. The van der Waals surface area contributed by atoms with Gasteiger partial charge in [-0.25, -0.2) is 9.97 Å². The maximum Gasteiger partial charge on any atom is 0.298 e. The molecule has 1 aliphatic rings. The van der Waals surface area contributed by atoms with Crippen molar-refractivity contribution in [3.05, 3.63) is 52.9 Å². The molecule has 1 aromatic carbocycles. The third-order valence-corrected chi connectivity index (χ3v) is 4.91. The Bertz CT molecular complexity index is 1030. The second-order valence-electron chi connectivity index (χ2n) is 6.62. The van der Waals surface area contributed by atoms with Crippen LogP contribution in [0.15, 0.2) is 36.7 Å². The first-order valence-corrected chi connectivity index (χ1v) is 9.69. The summed E-state index contributed by atoms with van der Waals surface area (Å²) in [6.07, 6.45) is 6.62. The van der Waals surface area contributed by atoms with Gasteiger partial charge in [0.05, 0.1) is 6.54 Å².